The second-order valence-corrected chi connectivity index (χ2v) is 3.29. The summed E-state index contributed by atoms with van der Waals surface area (Å²) >= 11 is 9.88. The van der Waals surface area contributed by atoms with Gasteiger partial charge in [0.05, 0.1) is 0 Å². The number of nitrogens with one attached hydrogen (secondary N) is 2. The summed E-state index contributed by atoms with van der Waals surface area (Å²) in [6.07, 6.45) is 0. The van der Waals surface area contributed by atoms with Gasteiger partial charge in [-0.2, -0.15) is 4.98 Å². The fraction of sp³-hybridized carbons (Fsp3) is 0.571. The van der Waals surface area contributed by atoms with Crippen molar-refractivity contribution in [3.63, 3.8) is 0 Å². The van der Waals surface area contributed by atoms with Crippen molar-refractivity contribution in [3.8, 4) is 0 Å². The van der Waals surface area contributed by atoms with Gasteiger partial charge in [-0.15, -0.1) is 0 Å². The molecule has 14 heavy (non-hydrogen) atoms. The third kappa shape index (κ3) is 3.78. The molecular formula is C7H12N4NaS2. The molecule has 73 valence electrons. The van der Waals surface area contributed by atoms with Gasteiger partial charge in [0.1, 0.15) is 0 Å². The largest absolute Gasteiger partial charge is 0.343 e. The summed E-state index contributed by atoms with van der Waals surface area (Å²) < 4.78 is 0.938. The van der Waals surface area contributed by atoms with Crippen LogP contribution in [-0.2, 0) is 0 Å². The summed E-state index contributed by atoms with van der Waals surface area (Å²) in [6.45, 7) is 5.88. The van der Waals surface area contributed by atoms with Crippen molar-refractivity contribution in [1.29, 1.82) is 0 Å². The van der Waals surface area contributed by atoms with E-state index in [-0.39, 0.29) is 29.6 Å². The molecule has 0 aliphatic heterocycles. The van der Waals surface area contributed by atoms with E-state index in [4.69, 9.17) is 24.4 Å². The standard InChI is InChI=1S/C7H12N4S2.Na/c1-3-11(4-2)5-8-6(12)10-7(13)9-5;/h3-4H2,1-2H3,(H2,8,9,10,12,13);. The van der Waals surface area contributed by atoms with Crippen molar-refractivity contribution in [1.82, 2.24) is 15.0 Å². The second-order valence-electron chi connectivity index (χ2n) is 2.49. The van der Waals surface area contributed by atoms with Crippen molar-refractivity contribution in [2.24, 2.45) is 0 Å². The first-order valence-corrected chi connectivity index (χ1v) is 4.94. The zero-order valence-corrected chi connectivity index (χ0v) is 12.3. The van der Waals surface area contributed by atoms with E-state index in [1.54, 1.807) is 0 Å². The summed E-state index contributed by atoms with van der Waals surface area (Å²) in [5, 5.41) is 0. The predicted octanol–water partition coefficient (Wildman–Crippen LogP) is 1.66. The Morgan fingerprint density at radius 3 is 2.21 bits per heavy atom. The minimum atomic E-state index is 0. The van der Waals surface area contributed by atoms with Crippen LogP contribution in [0.3, 0.4) is 0 Å². The van der Waals surface area contributed by atoms with E-state index >= 15 is 0 Å². The topological polar surface area (TPSA) is 47.7 Å². The Morgan fingerprint density at radius 1 is 1.21 bits per heavy atom. The minimum absolute atomic E-state index is 0. The van der Waals surface area contributed by atoms with Crippen molar-refractivity contribution < 1.29 is 0 Å². The molecule has 0 bridgehead atoms. The first-order chi connectivity index (χ1) is 6.17. The predicted molar refractivity (Wildman–Crippen MR) is 63.9 cm³/mol. The molecule has 0 unspecified atom stereocenters. The molecule has 0 aliphatic rings. The number of hydrogen-bond donors (Lipinski definition) is 2. The Labute approximate surface area is 115 Å². The van der Waals surface area contributed by atoms with Gasteiger partial charge in [-0.1, -0.05) is 0 Å². The molecule has 4 nitrogen and oxygen atoms in total. The number of aromatic amines is 2. The van der Waals surface area contributed by atoms with Crippen LogP contribution in [0.1, 0.15) is 13.8 Å². The van der Waals surface area contributed by atoms with Gasteiger partial charge >= 0.3 is 0 Å². The molecule has 1 heterocycles. The molecule has 1 aromatic rings. The molecular weight excluding hydrogens is 227 g/mol. The zero-order valence-electron chi connectivity index (χ0n) is 8.63. The average Bonchev–Trinajstić information content (AvgIpc) is 2.04. The van der Waals surface area contributed by atoms with Gasteiger partial charge < -0.3 is 14.9 Å². The third-order valence-electron chi connectivity index (χ3n) is 1.72. The number of hydrogen-bond acceptors (Lipinski definition) is 4. The van der Waals surface area contributed by atoms with Gasteiger partial charge in [-0.05, 0) is 38.3 Å². The Kier molecular flexibility index (Phi) is 6.80. The van der Waals surface area contributed by atoms with Gasteiger partial charge in [0.2, 0.25) is 10.7 Å². The summed E-state index contributed by atoms with van der Waals surface area (Å²) in [5.41, 5.74) is 0. The van der Waals surface area contributed by atoms with Gasteiger partial charge in [0.15, 0.2) is 4.77 Å². The summed E-state index contributed by atoms with van der Waals surface area (Å²) in [6, 6.07) is 0. The van der Waals surface area contributed by atoms with Crippen LogP contribution in [0.5, 0.6) is 0 Å². The van der Waals surface area contributed by atoms with Crippen LogP contribution in [0, 0.1) is 9.54 Å². The quantitative estimate of drug-likeness (QED) is 0.622. The number of aromatic nitrogens is 3. The van der Waals surface area contributed by atoms with E-state index in [0.717, 1.165) is 19.0 Å². The van der Waals surface area contributed by atoms with Crippen LogP contribution in [-0.4, -0.2) is 57.6 Å². The van der Waals surface area contributed by atoms with E-state index in [9.17, 15) is 0 Å². The molecule has 0 aliphatic carbocycles. The maximum Gasteiger partial charge on any atom is 0.207 e. The van der Waals surface area contributed by atoms with E-state index in [2.05, 4.69) is 33.7 Å². The fourth-order valence-electron chi connectivity index (χ4n) is 1.05. The van der Waals surface area contributed by atoms with Crippen molar-refractivity contribution in [2.45, 2.75) is 13.8 Å². The van der Waals surface area contributed by atoms with Crippen LogP contribution in [0.25, 0.3) is 0 Å². The maximum absolute atomic E-state index is 4.96. The molecule has 1 rings (SSSR count). The summed E-state index contributed by atoms with van der Waals surface area (Å²) in [5.74, 6) is 0.735. The maximum atomic E-state index is 4.96. The third-order valence-corrected chi connectivity index (χ3v) is 2.11. The van der Waals surface area contributed by atoms with Crippen LogP contribution < -0.4 is 4.90 Å². The zero-order chi connectivity index (χ0) is 9.84. The summed E-state index contributed by atoms with van der Waals surface area (Å²) in [4.78, 5) is 11.9. The first kappa shape index (κ1) is 14.2. The van der Waals surface area contributed by atoms with Crippen molar-refractivity contribution in [2.75, 3.05) is 18.0 Å². The number of H-pyrrole nitrogens is 2. The molecule has 0 spiro atoms. The molecule has 1 aromatic heterocycles. The van der Waals surface area contributed by atoms with Crippen LogP contribution in [0.15, 0.2) is 0 Å². The minimum Gasteiger partial charge on any atom is -0.343 e. The molecule has 0 fully saturated rings. The molecule has 2 N–H and O–H groups in total. The molecule has 0 saturated heterocycles. The SMILES string of the molecule is CCN(CC)c1nc(=S)[nH]c(=S)[nH]1.[Na]. The summed E-state index contributed by atoms with van der Waals surface area (Å²) in [7, 11) is 0. The van der Waals surface area contributed by atoms with Crippen molar-refractivity contribution >= 4 is 59.9 Å². The van der Waals surface area contributed by atoms with Gasteiger partial charge in [0, 0.05) is 42.6 Å². The van der Waals surface area contributed by atoms with E-state index in [1.807, 2.05) is 0 Å². The molecule has 0 atom stereocenters. The number of anilines is 1. The number of rotatable bonds is 3. The smallest absolute Gasteiger partial charge is 0.207 e. The van der Waals surface area contributed by atoms with E-state index in [0.29, 0.717) is 9.54 Å². The van der Waals surface area contributed by atoms with Crippen LogP contribution >= 0.6 is 24.4 Å². The van der Waals surface area contributed by atoms with E-state index in [1.165, 1.54) is 0 Å². The number of nitrogens with zero attached hydrogens (tertiary/aromatic N) is 2. The second kappa shape index (κ2) is 6.68. The molecule has 0 saturated carbocycles. The van der Waals surface area contributed by atoms with Gasteiger partial charge in [-0.25, -0.2) is 0 Å². The Hall–Kier alpha value is 0.250. The first-order valence-electron chi connectivity index (χ1n) is 4.13. The monoisotopic (exact) mass is 239 g/mol. The van der Waals surface area contributed by atoms with Crippen LogP contribution in [0.4, 0.5) is 5.95 Å². The van der Waals surface area contributed by atoms with Crippen molar-refractivity contribution in [3.05, 3.63) is 9.54 Å². The normalized spacial score (nSPS) is 9.29. The molecule has 0 amide bonds. The molecule has 1 radical (unpaired) electrons. The Morgan fingerprint density at radius 2 is 1.79 bits per heavy atom. The fourth-order valence-corrected chi connectivity index (χ4v) is 1.50. The molecule has 0 aromatic carbocycles. The Balaban J connectivity index is 0.00000169. The van der Waals surface area contributed by atoms with Crippen LogP contribution in [0.2, 0.25) is 0 Å². The van der Waals surface area contributed by atoms with Gasteiger partial charge in [-0.3, -0.25) is 0 Å². The Bertz CT molecular complexity index is 354. The molecule has 7 heteroatoms. The average molecular weight is 239 g/mol. The van der Waals surface area contributed by atoms with E-state index < -0.39 is 0 Å². The van der Waals surface area contributed by atoms with Gasteiger partial charge in [0.25, 0.3) is 0 Å².